The molecule has 3 unspecified atom stereocenters. The third-order valence-corrected chi connectivity index (χ3v) is 13.4. The molecule has 404 valence electrons. The minimum Gasteiger partial charge on any atom is -0.462 e. The largest absolute Gasteiger partial charge is 0.462 e. The summed E-state index contributed by atoms with van der Waals surface area (Å²) in [6, 6.07) is -0.718. The second-order valence-electron chi connectivity index (χ2n) is 20.2. The number of allylic oxidation sites excluding steroid dienone is 14. The van der Waals surface area contributed by atoms with E-state index in [1.165, 1.54) is 167 Å². The highest BCUT2D eigenvalue weighted by molar-refractivity contribution is 5.77. The monoisotopic (exact) mass is 976 g/mol. The van der Waals surface area contributed by atoms with Gasteiger partial charge in [-0.25, -0.2) is 0 Å². The smallest absolute Gasteiger partial charge is 0.306 e. The van der Waals surface area contributed by atoms with E-state index in [0.29, 0.717) is 19.3 Å². The Morgan fingerprint density at radius 1 is 0.429 bits per heavy atom. The number of aliphatic hydroxyl groups is 2. The molecule has 0 spiro atoms. The Hall–Kier alpha value is -2.96. The zero-order valence-electron chi connectivity index (χ0n) is 46.1. The molecule has 0 rings (SSSR count). The number of hydrogen-bond acceptors (Lipinski definition) is 5. The van der Waals surface area contributed by atoms with Crippen molar-refractivity contribution in [3.8, 4) is 0 Å². The van der Waals surface area contributed by atoms with E-state index >= 15 is 0 Å². The lowest BCUT2D eigenvalue weighted by Gasteiger charge is -2.24. The molecule has 0 aliphatic heterocycles. The summed E-state index contributed by atoms with van der Waals surface area (Å²) in [4.78, 5) is 26.3. The molecule has 0 aliphatic rings. The fourth-order valence-corrected chi connectivity index (χ4v) is 8.87. The average Bonchev–Trinajstić information content (AvgIpc) is 3.35. The lowest BCUT2D eigenvalue weighted by molar-refractivity contribution is -0.151. The summed E-state index contributed by atoms with van der Waals surface area (Å²) >= 11 is 0. The number of carbonyl (C=O) groups excluding carboxylic acids is 2. The first kappa shape index (κ1) is 67.0. The fourth-order valence-electron chi connectivity index (χ4n) is 8.87. The maximum absolute atomic E-state index is 13.3. The van der Waals surface area contributed by atoms with Crippen molar-refractivity contribution in [2.45, 2.75) is 302 Å². The molecule has 0 radical (unpaired) electrons. The van der Waals surface area contributed by atoms with Crippen molar-refractivity contribution in [2.75, 3.05) is 6.61 Å². The molecular weight excluding hydrogens is 863 g/mol. The molecule has 0 aromatic rings. The Bertz CT molecular complexity index is 1330. The molecule has 6 heteroatoms. The minimum atomic E-state index is -0.802. The van der Waals surface area contributed by atoms with Gasteiger partial charge in [0.1, 0.15) is 6.10 Å². The van der Waals surface area contributed by atoms with Crippen LogP contribution in [0.3, 0.4) is 0 Å². The molecule has 0 fully saturated rings. The quantitative estimate of drug-likeness (QED) is 0.0244. The van der Waals surface area contributed by atoms with Crippen LogP contribution in [0, 0.1) is 0 Å². The van der Waals surface area contributed by atoms with E-state index in [0.717, 1.165) is 70.6 Å². The summed E-state index contributed by atoms with van der Waals surface area (Å²) < 4.78 is 5.95. The Morgan fingerprint density at radius 3 is 1.21 bits per heavy atom. The van der Waals surface area contributed by atoms with Crippen LogP contribution in [-0.4, -0.2) is 46.9 Å². The van der Waals surface area contributed by atoms with Crippen LogP contribution in [0.15, 0.2) is 85.1 Å². The summed E-state index contributed by atoms with van der Waals surface area (Å²) in [7, 11) is 0. The van der Waals surface area contributed by atoms with Crippen LogP contribution in [0.25, 0.3) is 0 Å². The molecule has 0 saturated carbocycles. The van der Waals surface area contributed by atoms with E-state index in [1.807, 2.05) is 48.6 Å². The van der Waals surface area contributed by atoms with E-state index in [1.54, 1.807) is 0 Å². The van der Waals surface area contributed by atoms with Gasteiger partial charge in [0.15, 0.2) is 0 Å². The van der Waals surface area contributed by atoms with Crippen molar-refractivity contribution in [3.63, 3.8) is 0 Å². The van der Waals surface area contributed by atoms with Crippen molar-refractivity contribution in [3.05, 3.63) is 85.1 Å². The second kappa shape index (κ2) is 56.9. The number of amides is 1. The molecule has 1 amide bonds. The minimum absolute atomic E-state index is 0.0535. The standard InChI is InChI=1S/C64H113NO5/c1-4-7-10-13-16-19-22-25-28-31-34-37-40-43-46-49-52-55-60(70-64(69)57-54-51-48-45-42-39-36-33-30-27-24-21-18-15-12-9-6-3)58-63(68)65-61(59-66)62(67)56-53-50-47-44-41-38-35-32-29-26-23-20-17-14-11-8-5-2/h9,12,15,18,21,24-25,27-28,30,33,36,39,42,60-62,66-67H,4-8,10-11,13-14,16-17,19-20,22-23,26,29,31-32,34-35,37-38,40-41,43-59H2,1-3H3,(H,65,68)/b12-9-,18-15+,24-21+,28-25+,30-27-,36-33+,42-39+. The van der Waals surface area contributed by atoms with E-state index in [9.17, 15) is 19.8 Å². The predicted octanol–water partition coefficient (Wildman–Crippen LogP) is 18.7. The van der Waals surface area contributed by atoms with Crippen molar-refractivity contribution in [1.82, 2.24) is 5.32 Å². The zero-order valence-corrected chi connectivity index (χ0v) is 46.1. The van der Waals surface area contributed by atoms with Gasteiger partial charge in [-0.2, -0.15) is 0 Å². The maximum atomic E-state index is 13.3. The van der Waals surface area contributed by atoms with E-state index < -0.39 is 18.2 Å². The van der Waals surface area contributed by atoms with Crippen molar-refractivity contribution >= 4 is 11.9 Å². The number of rotatable bonds is 53. The Balaban J connectivity index is 4.64. The normalized spacial score (nSPS) is 13.7. The molecule has 70 heavy (non-hydrogen) atoms. The van der Waals surface area contributed by atoms with Gasteiger partial charge in [-0.05, 0) is 70.6 Å². The molecule has 3 N–H and O–H groups in total. The molecule has 6 nitrogen and oxygen atoms in total. The fraction of sp³-hybridized carbons (Fsp3) is 0.750. The summed E-state index contributed by atoms with van der Waals surface area (Å²) in [5.74, 6) is -0.525. The second-order valence-corrected chi connectivity index (χ2v) is 20.2. The van der Waals surface area contributed by atoms with Crippen LogP contribution in [0.1, 0.15) is 284 Å². The van der Waals surface area contributed by atoms with Gasteiger partial charge >= 0.3 is 5.97 Å². The average molecular weight is 977 g/mol. The van der Waals surface area contributed by atoms with Gasteiger partial charge in [0.25, 0.3) is 0 Å². The molecule has 0 aromatic carbocycles. The molecule has 0 bridgehead atoms. The molecule has 0 aromatic heterocycles. The summed E-state index contributed by atoms with van der Waals surface area (Å²) in [6.45, 7) is 6.35. The highest BCUT2D eigenvalue weighted by Crippen LogP contribution is 2.18. The van der Waals surface area contributed by atoms with Gasteiger partial charge < -0.3 is 20.3 Å². The number of hydrogen-bond donors (Lipinski definition) is 3. The summed E-state index contributed by atoms with van der Waals surface area (Å²) in [6.07, 6.45) is 75.0. The number of unbranched alkanes of at least 4 members (excludes halogenated alkanes) is 32. The summed E-state index contributed by atoms with van der Waals surface area (Å²) in [5, 5.41) is 23.9. The van der Waals surface area contributed by atoms with Gasteiger partial charge in [0.2, 0.25) is 5.91 Å². The van der Waals surface area contributed by atoms with Crippen LogP contribution in [0.4, 0.5) is 0 Å². The Kier molecular flexibility index (Phi) is 54.5. The Labute approximate surface area is 433 Å². The summed E-state index contributed by atoms with van der Waals surface area (Å²) in [5.41, 5.74) is 0. The van der Waals surface area contributed by atoms with E-state index in [-0.39, 0.29) is 24.9 Å². The zero-order chi connectivity index (χ0) is 50.9. The lowest BCUT2D eigenvalue weighted by Crippen LogP contribution is -2.46. The highest BCUT2D eigenvalue weighted by atomic mass is 16.5. The number of aliphatic hydroxyl groups excluding tert-OH is 2. The van der Waals surface area contributed by atoms with Gasteiger partial charge in [-0.15, -0.1) is 0 Å². The molecule has 0 heterocycles. The molecule has 3 atom stereocenters. The van der Waals surface area contributed by atoms with Crippen LogP contribution in [0.2, 0.25) is 0 Å². The van der Waals surface area contributed by atoms with Gasteiger partial charge in [-0.1, -0.05) is 286 Å². The van der Waals surface area contributed by atoms with Gasteiger partial charge in [0, 0.05) is 6.42 Å². The first-order valence-corrected chi connectivity index (χ1v) is 29.9. The van der Waals surface area contributed by atoms with Crippen molar-refractivity contribution in [1.29, 1.82) is 0 Å². The van der Waals surface area contributed by atoms with Crippen LogP contribution in [-0.2, 0) is 14.3 Å². The highest BCUT2D eigenvalue weighted by Gasteiger charge is 2.24. The molecular formula is C64H113NO5. The SMILES string of the molecule is CC\C=C/C=C/C=C/C=C\C=C\C=C\CCCCCC(=O)OC(CCCCCCCCC/C=C/CCCCCCCC)CC(=O)NC(CO)C(O)CCCCCCCCCCCCCCCCCCC. The third kappa shape index (κ3) is 51.4. The number of ether oxygens (including phenoxy) is 1. The first-order valence-electron chi connectivity index (χ1n) is 29.9. The maximum Gasteiger partial charge on any atom is 0.306 e. The van der Waals surface area contributed by atoms with Crippen LogP contribution in [0.5, 0.6) is 0 Å². The van der Waals surface area contributed by atoms with Gasteiger partial charge in [0.05, 0.1) is 25.2 Å². The van der Waals surface area contributed by atoms with Crippen LogP contribution >= 0.6 is 0 Å². The number of esters is 1. The molecule has 0 aliphatic carbocycles. The van der Waals surface area contributed by atoms with Crippen molar-refractivity contribution in [2.24, 2.45) is 0 Å². The molecule has 0 saturated heterocycles. The predicted molar refractivity (Wildman–Crippen MR) is 305 cm³/mol. The van der Waals surface area contributed by atoms with E-state index in [2.05, 4.69) is 62.5 Å². The van der Waals surface area contributed by atoms with Gasteiger partial charge in [-0.3, -0.25) is 9.59 Å². The topological polar surface area (TPSA) is 95.9 Å². The number of nitrogens with one attached hydrogen (secondary N) is 1. The van der Waals surface area contributed by atoms with Crippen LogP contribution < -0.4 is 5.32 Å². The lowest BCUT2D eigenvalue weighted by atomic mass is 10.0. The van der Waals surface area contributed by atoms with Crippen molar-refractivity contribution < 1.29 is 24.5 Å². The first-order chi connectivity index (χ1) is 34.5. The van der Waals surface area contributed by atoms with E-state index in [4.69, 9.17) is 4.74 Å². The Morgan fingerprint density at radius 2 is 0.786 bits per heavy atom. The third-order valence-electron chi connectivity index (χ3n) is 13.4. The number of carbonyl (C=O) groups is 2.